The maximum atomic E-state index is 13.3. The fraction of sp³-hybridized carbons (Fsp3) is 0.208. The number of hydrogen-bond donors (Lipinski definition) is 1. The number of benzene rings is 2. The maximum Gasteiger partial charge on any atom is 0.271 e. The Balaban J connectivity index is 2.07. The zero-order chi connectivity index (χ0) is 23.4. The number of nitrogens with zero attached hydrogens (tertiary/aromatic N) is 2. The average Bonchev–Trinajstić information content (AvgIpc) is 2.78. The first-order valence-corrected chi connectivity index (χ1v) is 10.1. The van der Waals surface area contributed by atoms with Crippen LogP contribution in [0.1, 0.15) is 34.0 Å². The van der Waals surface area contributed by atoms with E-state index in [-0.39, 0.29) is 23.2 Å². The van der Waals surface area contributed by atoms with Gasteiger partial charge in [-0.15, -0.1) is 0 Å². The molecule has 0 aliphatic carbocycles. The summed E-state index contributed by atoms with van der Waals surface area (Å²) in [7, 11) is 1.48. The normalized spacial score (nSPS) is 11.5. The number of hydrogen-bond acceptors (Lipinski definition) is 6. The Morgan fingerprint density at radius 2 is 1.81 bits per heavy atom. The van der Waals surface area contributed by atoms with E-state index in [1.165, 1.54) is 21.0 Å². The zero-order valence-corrected chi connectivity index (χ0v) is 18.5. The molecule has 0 saturated carbocycles. The van der Waals surface area contributed by atoms with Crippen LogP contribution in [0.2, 0.25) is 5.02 Å². The number of para-hydroxylation sites is 2. The molecule has 164 valence electrons. The predicted molar refractivity (Wildman–Crippen MR) is 120 cm³/mol. The van der Waals surface area contributed by atoms with Gasteiger partial charge in [0, 0.05) is 5.02 Å². The number of aromatic hydroxyl groups is 1. The Kier molecular flexibility index (Phi) is 6.86. The Labute approximate surface area is 190 Å². The number of nitriles is 1. The molecule has 32 heavy (non-hydrogen) atoms. The molecule has 8 heteroatoms. The van der Waals surface area contributed by atoms with Crippen molar-refractivity contribution in [2.24, 2.45) is 0 Å². The summed E-state index contributed by atoms with van der Waals surface area (Å²) in [5, 5.41) is 20.9. The van der Waals surface area contributed by atoms with Crippen LogP contribution in [0.4, 0.5) is 0 Å². The van der Waals surface area contributed by atoms with Crippen LogP contribution >= 0.6 is 11.6 Å². The van der Waals surface area contributed by atoms with Crippen molar-refractivity contribution in [1.29, 1.82) is 5.26 Å². The second-order valence-corrected chi connectivity index (χ2v) is 7.48. The molecule has 1 N–H and O–H groups in total. The predicted octanol–water partition coefficient (Wildman–Crippen LogP) is 4.09. The van der Waals surface area contributed by atoms with E-state index in [4.69, 9.17) is 21.1 Å². The Morgan fingerprint density at radius 1 is 1.19 bits per heavy atom. The summed E-state index contributed by atoms with van der Waals surface area (Å²) in [5.41, 5.74) is -0.461. The van der Waals surface area contributed by atoms with Crippen LogP contribution < -0.4 is 15.0 Å². The van der Waals surface area contributed by atoms with Crippen molar-refractivity contribution in [3.05, 3.63) is 86.2 Å². The first-order chi connectivity index (χ1) is 15.3. The Morgan fingerprint density at radius 3 is 2.44 bits per heavy atom. The standard InChI is InChI=1S/C24H21ClN2O5/c1-14-17(12-26)23(29)27(13-16-8-4-5-9-18(16)25)24(30)21(14)22(28)15(2)32-20-11-7-6-10-19(20)31-3/h4-11,15,30H,13H2,1-3H3. The minimum Gasteiger partial charge on any atom is -0.494 e. The molecule has 3 rings (SSSR count). The highest BCUT2D eigenvalue weighted by atomic mass is 35.5. The highest BCUT2D eigenvalue weighted by Gasteiger charge is 2.28. The quantitative estimate of drug-likeness (QED) is 0.541. The zero-order valence-electron chi connectivity index (χ0n) is 17.8. The number of carbonyl (C=O) groups excluding carboxylic acids is 1. The molecule has 1 atom stereocenters. The lowest BCUT2D eigenvalue weighted by Gasteiger charge is -2.20. The van der Waals surface area contributed by atoms with Crippen LogP contribution in [0.3, 0.4) is 0 Å². The second kappa shape index (κ2) is 9.58. The molecule has 0 radical (unpaired) electrons. The molecule has 0 spiro atoms. The van der Waals surface area contributed by atoms with Gasteiger partial charge in [-0.1, -0.05) is 41.9 Å². The van der Waals surface area contributed by atoms with E-state index in [0.29, 0.717) is 22.1 Å². The number of carbonyl (C=O) groups is 1. The van der Waals surface area contributed by atoms with Gasteiger partial charge in [-0.2, -0.15) is 5.26 Å². The third-order valence-corrected chi connectivity index (χ3v) is 5.44. The van der Waals surface area contributed by atoms with Gasteiger partial charge in [0.05, 0.1) is 19.2 Å². The van der Waals surface area contributed by atoms with Crippen LogP contribution in [0.25, 0.3) is 0 Å². The molecule has 3 aromatic rings. The topological polar surface area (TPSA) is 102 Å². The molecule has 0 amide bonds. The van der Waals surface area contributed by atoms with E-state index in [1.54, 1.807) is 48.5 Å². The monoisotopic (exact) mass is 452 g/mol. The summed E-state index contributed by atoms with van der Waals surface area (Å²) in [6, 6.07) is 15.5. The van der Waals surface area contributed by atoms with Crippen LogP contribution in [0, 0.1) is 18.3 Å². The van der Waals surface area contributed by atoms with E-state index >= 15 is 0 Å². The van der Waals surface area contributed by atoms with E-state index < -0.39 is 23.3 Å². The van der Waals surface area contributed by atoms with Gasteiger partial charge in [0.2, 0.25) is 11.7 Å². The van der Waals surface area contributed by atoms with Gasteiger partial charge < -0.3 is 14.6 Å². The lowest BCUT2D eigenvalue weighted by Crippen LogP contribution is -2.31. The molecule has 0 aliphatic heterocycles. The average molecular weight is 453 g/mol. The Hall–Kier alpha value is -3.76. The SMILES string of the molecule is COc1ccccc1OC(C)C(=O)c1c(C)c(C#N)c(=O)n(Cc2ccccc2Cl)c1O. The van der Waals surface area contributed by atoms with Gasteiger partial charge in [-0.25, -0.2) is 0 Å². The molecule has 0 bridgehead atoms. The van der Waals surface area contributed by atoms with Crippen LogP contribution in [-0.4, -0.2) is 28.7 Å². The highest BCUT2D eigenvalue weighted by Crippen LogP contribution is 2.30. The number of rotatable bonds is 7. The van der Waals surface area contributed by atoms with E-state index in [2.05, 4.69) is 0 Å². The van der Waals surface area contributed by atoms with Gasteiger partial charge >= 0.3 is 0 Å². The van der Waals surface area contributed by atoms with Crippen molar-refractivity contribution in [3.63, 3.8) is 0 Å². The molecule has 0 fully saturated rings. The van der Waals surface area contributed by atoms with Gasteiger partial charge in [0.15, 0.2) is 17.6 Å². The second-order valence-electron chi connectivity index (χ2n) is 7.07. The fourth-order valence-corrected chi connectivity index (χ4v) is 3.55. The molecule has 0 aliphatic rings. The van der Waals surface area contributed by atoms with Gasteiger partial charge in [-0.3, -0.25) is 14.2 Å². The molecule has 1 aromatic heterocycles. The van der Waals surface area contributed by atoms with Crippen LogP contribution in [0.15, 0.2) is 53.3 Å². The number of halogens is 1. The molecule has 0 saturated heterocycles. The molecular weight excluding hydrogens is 432 g/mol. The summed E-state index contributed by atoms with van der Waals surface area (Å²) in [4.78, 5) is 26.1. The summed E-state index contributed by atoms with van der Waals surface area (Å²) in [5.74, 6) is -0.352. The smallest absolute Gasteiger partial charge is 0.271 e. The Bertz CT molecular complexity index is 1280. The first-order valence-electron chi connectivity index (χ1n) is 9.73. The van der Waals surface area contributed by atoms with Crippen molar-refractivity contribution in [2.75, 3.05) is 7.11 Å². The number of ketones is 1. The maximum absolute atomic E-state index is 13.3. The molecule has 1 unspecified atom stereocenters. The van der Waals surface area contributed by atoms with Crippen molar-refractivity contribution < 1.29 is 19.4 Å². The number of ether oxygens (including phenoxy) is 2. The van der Waals surface area contributed by atoms with E-state index in [0.717, 1.165) is 4.57 Å². The lowest BCUT2D eigenvalue weighted by molar-refractivity contribution is 0.0808. The first kappa shape index (κ1) is 22.9. The van der Waals surface area contributed by atoms with Crippen molar-refractivity contribution in [1.82, 2.24) is 4.57 Å². The fourth-order valence-electron chi connectivity index (χ4n) is 3.35. The largest absolute Gasteiger partial charge is 0.494 e. The molecular formula is C24H21ClN2O5. The van der Waals surface area contributed by atoms with Crippen LogP contribution in [0.5, 0.6) is 17.4 Å². The highest BCUT2D eigenvalue weighted by molar-refractivity contribution is 6.31. The number of Topliss-reactive ketones (excluding diaryl/α,β-unsaturated/α-hetero) is 1. The van der Waals surface area contributed by atoms with Crippen LogP contribution in [-0.2, 0) is 6.54 Å². The van der Waals surface area contributed by atoms with Gasteiger partial charge in [0.1, 0.15) is 11.6 Å². The number of methoxy groups -OCH3 is 1. The summed E-state index contributed by atoms with van der Waals surface area (Å²) in [6.45, 7) is 2.85. The molecule has 1 heterocycles. The van der Waals surface area contributed by atoms with Crippen molar-refractivity contribution in [2.45, 2.75) is 26.5 Å². The number of pyridine rings is 1. The van der Waals surface area contributed by atoms with E-state index in [9.17, 15) is 20.0 Å². The van der Waals surface area contributed by atoms with Gasteiger partial charge in [0.25, 0.3) is 5.56 Å². The minimum atomic E-state index is -1.03. The number of aromatic nitrogens is 1. The van der Waals surface area contributed by atoms with Gasteiger partial charge in [-0.05, 0) is 43.2 Å². The van der Waals surface area contributed by atoms with Crippen molar-refractivity contribution in [3.8, 4) is 23.4 Å². The summed E-state index contributed by atoms with van der Waals surface area (Å²) >= 11 is 6.19. The third-order valence-electron chi connectivity index (χ3n) is 5.07. The minimum absolute atomic E-state index is 0.0888. The molecule has 7 nitrogen and oxygen atoms in total. The third kappa shape index (κ3) is 4.32. The summed E-state index contributed by atoms with van der Waals surface area (Å²) < 4.78 is 12.0. The van der Waals surface area contributed by atoms with E-state index in [1.807, 2.05) is 6.07 Å². The molecule has 2 aromatic carbocycles. The van der Waals surface area contributed by atoms with Crippen molar-refractivity contribution >= 4 is 17.4 Å². The summed E-state index contributed by atoms with van der Waals surface area (Å²) in [6.07, 6.45) is -1.03. The lowest BCUT2D eigenvalue weighted by atomic mass is 9.99.